The van der Waals surface area contributed by atoms with Crippen LogP contribution in [0.1, 0.15) is 18.5 Å². The molecular weight excluding hydrogens is 188 g/mol. The molecule has 0 aromatic heterocycles. The molecule has 0 saturated carbocycles. The van der Waals surface area contributed by atoms with E-state index in [1.54, 1.807) is 19.1 Å². The summed E-state index contributed by atoms with van der Waals surface area (Å²) in [5, 5.41) is 7.57. The van der Waals surface area contributed by atoms with Crippen LogP contribution in [0.25, 0.3) is 0 Å². The van der Waals surface area contributed by atoms with E-state index < -0.39 is 18.5 Å². The zero-order valence-corrected chi connectivity index (χ0v) is 8.08. The highest BCUT2D eigenvalue weighted by Gasteiger charge is 2.08. The number of nitrogens with two attached hydrogens (primary N) is 1. The molecule has 0 radical (unpaired) electrons. The summed E-state index contributed by atoms with van der Waals surface area (Å²) in [5.41, 5.74) is 5.51. The monoisotopic (exact) mass is 203 g/mol. The van der Waals surface area contributed by atoms with E-state index in [1.807, 2.05) is 0 Å². The number of hydrogen-bond donors (Lipinski definition) is 2. The van der Waals surface area contributed by atoms with Crippen molar-refractivity contribution in [1.29, 1.82) is 0 Å². The highest BCUT2D eigenvalue weighted by Crippen LogP contribution is 2.14. The summed E-state index contributed by atoms with van der Waals surface area (Å²) >= 11 is 0. The smallest absolute Gasteiger partial charge is 0.128 e. The predicted molar refractivity (Wildman–Crippen MR) is 52.1 cm³/mol. The maximum absolute atomic E-state index is 12.8. The number of rotatable bonds is 2. The quantitative estimate of drug-likeness (QED) is 0.769. The Morgan fingerprint density at radius 3 is 2.36 bits per heavy atom. The summed E-state index contributed by atoms with van der Waals surface area (Å²) in [7, 11) is 0. The van der Waals surface area contributed by atoms with Gasteiger partial charge in [-0.2, -0.15) is 0 Å². The number of benzene rings is 1. The van der Waals surface area contributed by atoms with Gasteiger partial charge in [-0.25, -0.2) is 8.78 Å². The minimum absolute atomic E-state index is 0.231. The van der Waals surface area contributed by atoms with Gasteiger partial charge in [0.15, 0.2) is 0 Å². The molecule has 14 heavy (non-hydrogen) atoms. The lowest BCUT2D eigenvalue weighted by atomic mass is 10.1. The van der Waals surface area contributed by atoms with Crippen LogP contribution in [0.5, 0.6) is 0 Å². The summed E-state index contributed by atoms with van der Waals surface area (Å²) in [5.74, 6) is -0.447. The van der Waals surface area contributed by atoms with Gasteiger partial charge in [0.25, 0.3) is 0 Å². The number of halogens is 2. The SMILES string of the molecule is CCO.NC(CF)c1ccccc1F. The lowest BCUT2D eigenvalue weighted by Gasteiger charge is -2.06. The van der Waals surface area contributed by atoms with Crippen LogP contribution in [-0.4, -0.2) is 18.4 Å². The number of alkyl halides is 1. The lowest BCUT2D eigenvalue weighted by Crippen LogP contribution is -2.13. The maximum atomic E-state index is 12.8. The molecule has 0 heterocycles. The van der Waals surface area contributed by atoms with Crippen LogP contribution < -0.4 is 5.73 Å². The van der Waals surface area contributed by atoms with Gasteiger partial charge in [-0.1, -0.05) is 18.2 Å². The molecule has 3 N–H and O–H groups in total. The molecule has 1 atom stereocenters. The van der Waals surface area contributed by atoms with Gasteiger partial charge < -0.3 is 10.8 Å². The van der Waals surface area contributed by atoms with Crippen LogP contribution in [0.4, 0.5) is 8.78 Å². The third-order valence-corrected chi connectivity index (χ3v) is 1.47. The van der Waals surface area contributed by atoms with Crippen LogP contribution in [0, 0.1) is 5.82 Å². The van der Waals surface area contributed by atoms with Crippen molar-refractivity contribution < 1.29 is 13.9 Å². The Bertz CT molecular complexity index is 256. The van der Waals surface area contributed by atoms with Crippen molar-refractivity contribution in [3.8, 4) is 0 Å². The Morgan fingerprint density at radius 1 is 1.43 bits per heavy atom. The van der Waals surface area contributed by atoms with Crippen LogP contribution in [-0.2, 0) is 0 Å². The Balaban J connectivity index is 0.000000500. The first-order chi connectivity index (χ1) is 6.67. The molecule has 1 rings (SSSR count). The van der Waals surface area contributed by atoms with E-state index >= 15 is 0 Å². The average molecular weight is 203 g/mol. The summed E-state index contributed by atoms with van der Waals surface area (Å²) < 4.78 is 24.7. The topological polar surface area (TPSA) is 46.2 Å². The van der Waals surface area contributed by atoms with Crippen molar-refractivity contribution in [3.05, 3.63) is 35.6 Å². The largest absolute Gasteiger partial charge is 0.397 e. The molecule has 0 bridgehead atoms. The lowest BCUT2D eigenvalue weighted by molar-refractivity contribution is 0.318. The van der Waals surface area contributed by atoms with Crippen LogP contribution in [0.3, 0.4) is 0 Å². The predicted octanol–water partition coefficient (Wildman–Crippen LogP) is 1.79. The zero-order valence-electron chi connectivity index (χ0n) is 8.08. The highest BCUT2D eigenvalue weighted by molar-refractivity contribution is 5.20. The van der Waals surface area contributed by atoms with E-state index in [0.717, 1.165) is 0 Å². The molecule has 0 aliphatic carbocycles. The minimum Gasteiger partial charge on any atom is -0.397 e. The van der Waals surface area contributed by atoms with Crippen LogP contribution >= 0.6 is 0 Å². The first-order valence-corrected chi connectivity index (χ1v) is 4.34. The van der Waals surface area contributed by atoms with Gasteiger partial charge in [0.1, 0.15) is 12.5 Å². The molecule has 0 saturated heterocycles. The van der Waals surface area contributed by atoms with Gasteiger partial charge in [-0.15, -0.1) is 0 Å². The zero-order chi connectivity index (χ0) is 11.0. The van der Waals surface area contributed by atoms with Crippen molar-refractivity contribution in [1.82, 2.24) is 0 Å². The van der Waals surface area contributed by atoms with Gasteiger partial charge in [0, 0.05) is 12.2 Å². The molecule has 2 nitrogen and oxygen atoms in total. The third-order valence-electron chi connectivity index (χ3n) is 1.47. The number of hydrogen-bond acceptors (Lipinski definition) is 2. The average Bonchev–Trinajstić information content (AvgIpc) is 2.19. The molecular formula is C10H15F2NO. The van der Waals surface area contributed by atoms with E-state index in [0.29, 0.717) is 0 Å². The van der Waals surface area contributed by atoms with Crippen molar-refractivity contribution >= 4 is 0 Å². The second kappa shape index (κ2) is 7.41. The standard InChI is InChI=1S/C8H9F2N.C2H6O/c9-5-8(11)6-3-1-2-4-7(6)10;1-2-3/h1-4,8H,5,11H2;3H,2H2,1H3. The van der Waals surface area contributed by atoms with Crippen molar-refractivity contribution in [2.24, 2.45) is 5.73 Å². The van der Waals surface area contributed by atoms with E-state index in [2.05, 4.69) is 0 Å². The Morgan fingerprint density at radius 2 is 1.93 bits per heavy atom. The Kier molecular flexibility index (Phi) is 6.88. The summed E-state index contributed by atoms with van der Waals surface area (Å²) in [6.07, 6.45) is 0. The molecule has 0 fully saturated rings. The van der Waals surface area contributed by atoms with Gasteiger partial charge in [-0.05, 0) is 13.0 Å². The molecule has 0 aliphatic rings. The fourth-order valence-electron chi connectivity index (χ4n) is 0.859. The van der Waals surface area contributed by atoms with E-state index in [4.69, 9.17) is 10.8 Å². The number of aliphatic hydroxyl groups is 1. The molecule has 4 heteroatoms. The molecule has 0 spiro atoms. The second-order valence-corrected chi connectivity index (χ2v) is 2.60. The molecule has 80 valence electrons. The van der Waals surface area contributed by atoms with Crippen LogP contribution in [0.2, 0.25) is 0 Å². The van der Waals surface area contributed by atoms with Crippen LogP contribution in [0.15, 0.2) is 24.3 Å². The molecule has 1 aromatic carbocycles. The van der Waals surface area contributed by atoms with E-state index in [1.165, 1.54) is 12.1 Å². The summed E-state index contributed by atoms with van der Waals surface area (Å²) in [6.45, 7) is 1.20. The second-order valence-electron chi connectivity index (χ2n) is 2.60. The highest BCUT2D eigenvalue weighted by atomic mass is 19.1. The van der Waals surface area contributed by atoms with Crippen molar-refractivity contribution in [2.75, 3.05) is 13.3 Å². The van der Waals surface area contributed by atoms with Gasteiger partial charge in [-0.3, -0.25) is 0 Å². The maximum Gasteiger partial charge on any atom is 0.128 e. The van der Waals surface area contributed by atoms with E-state index in [-0.39, 0.29) is 12.2 Å². The first kappa shape index (κ1) is 13.0. The Hall–Kier alpha value is -1.00. The fourth-order valence-corrected chi connectivity index (χ4v) is 0.859. The normalized spacial score (nSPS) is 11.5. The van der Waals surface area contributed by atoms with Crippen molar-refractivity contribution in [2.45, 2.75) is 13.0 Å². The summed E-state index contributed by atoms with van der Waals surface area (Å²) in [4.78, 5) is 0. The minimum atomic E-state index is -0.837. The summed E-state index contributed by atoms with van der Waals surface area (Å²) in [6, 6.07) is 5.10. The van der Waals surface area contributed by atoms with Gasteiger partial charge in [0.2, 0.25) is 0 Å². The molecule has 0 aliphatic heterocycles. The molecule has 1 unspecified atom stereocenters. The first-order valence-electron chi connectivity index (χ1n) is 4.34. The third kappa shape index (κ3) is 4.30. The number of aliphatic hydroxyl groups excluding tert-OH is 1. The van der Waals surface area contributed by atoms with Crippen molar-refractivity contribution in [3.63, 3.8) is 0 Å². The molecule has 1 aromatic rings. The van der Waals surface area contributed by atoms with E-state index in [9.17, 15) is 8.78 Å². The van der Waals surface area contributed by atoms with Gasteiger partial charge in [0.05, 0.1) is 6.04 Å². The Labute approximate surface area is 82.4 Å². The molecule has 0 amide bonds. The fraction of sp³-hybridized carbons (Fsp3) is 0.400. The van der Waals surface area contributed by atoms with Gasteiger partial charge >= 0.3 is 0 Å².